The van der Waals surface area contributed by atoms with Gasteiger partial charge < -0.3 is 9.64 Å². The van der Waals surface area contributed by atoms with Gasteiger partial charge in [0.05, 0.1) is 5.60 Å². The SMILES string of the molecule is CC.COC1(C2CN(C)C2)CCCC1. The lowest BCUT2D eigenvalue weighted by atomic mass is 9.80. The van der Waals surface area contributed by atoms with Crippen LogP contribution in [-0.4, -0.2) is 37.7 Å². The lowest BCUT2D eigenvalue weighted by Gasteiger charge is -2.47. The van der Waals surface area contributed by atoms with Crippen LogP contribution in [-0.2, 0) is 4.74 Å². The molecule has 0 unspecified atom stereocenters. The predicted octanol–water partition coefficient (Wildman–Crippen LogP) is 2.53. The van der Waals surface area contributed by atoms with Crippen molar-refractivity contribution in [2.24, 2.45) is 5.92 Å². The van der Waals surface area contributed by atoms with Crippen molar-refractivity contribution in [3.8, 4) is 0 Å². The van der Waals surface area contributed by atoms with Gasteiger partial charge in [-0.05, 0) is 19.9 Å². The number of likely N-dealkylation sites (tertiary alicyclic amines) is 1. The van der Waals surface area contributed by atoms with E-state index in [1.54, 1.807) is 0 Å². The highest BCUT2D eigenvalue weighted by Gasteiger charge is 2.45. The molecule has 0 aromatic carbocycles. The van der Waals surface area contributed by atoms with E-state index in [4.69, 9.17) is 4.74 Å². The highest BCUT2D eigenvalue weighted by Crippen LogP contribution is 2.42. The topological polar surface area (TPSA) is 12.5 Å². The van der Waals surface area contributed by atoms with Gasteiger partial charge in [0, 0.05) is 26.1 Å². The van der Waals surface area contributed by atoms with E-state index in [0.29, 0.717) is 0 Å². The Kier molecular flexibility index (Phi) is 4.39. The van der Waals surface area contributed by atoms with E-state index in [2.05, 4.69) is 11.9 Å². The minimum Gasteiger partial charge on any atom is -0.378 e. The Labute approximate surface area is 88.6 Å². The van der Waals surface area contributed by atoms with E-state index in [1.165, 1.54) is 38.8 Å². The zero-order valence-electron chi connectivity index (χ0n) is 10.2. The van der Waals surface area contributed by atoms with E-state index in [0.717, 1.165) is 5.92 Å². The number of ether oxygens (including phenoxy) is 1. The summed E-state index contributed by atoms with van der Waals surface area (Å²) in [5.74, 6) is 0.815. The van der Waals surface area contributed by atoms with Gasteiger partial charge >= 0.3 is 0 Å². The van der Waals surface area contributed by atoms with Crippen LogP contribution in [0.25, 0.3) is 0 Å². The predicted molar refractivity (Wildman–Crippen MR) is 60.5 cm³/mol. The molecule has 0 spiro atoms. The Morgan fingerprint density at radius 1 is 1.14 bits per heavy atom. The average Bonchev–Trinajstić information content (AvgIpc) is 2.66. The van der Waals surface area contributed by atoms with Crippen molar-refractivity contribution < 1.29 is 4.74 Å². The maximum Gasteiger partial charge on any atom is 0.0731 e. The molecule has 2 aliphatic rings. The third-order valence-electron chi connectivity index (χ3n) is 3.66. The largest absolute Gasteiger partial charge is 0.378 e. The van der Waals surface area contributed by atoms with Crippen LogP contribution in [0, 0.1) is 5.92 Å². The monoisotopic (exact) mass is 199 g/mol. The first-order chi connectivity index (χ1) is 6.77. The Balaban J connectivity index is 0.000000461. The van der Waals surface area contributed by atoms with Gasteiger partial charge in [0.25, 0.3) is 0 Å². The van der Waals surface area contributed by atoms with Crippen LogP contribution in [0.3, 0.4) is 0 Å². The fourth-order valence-corrected chi connectivity index (χ4v) is 2.78. The molecule has 2 fully saturated rings. The number of rotatable bonds is 2. The molecule has 0 N–H and O–H groups in total. The molecule has 0 bridgehead atoms. The van der Waals surface area contributed by atoms with Crippen LogP contribution in [0.1, 0.15) is 39.5 Å². The van der Waals surface area contributed by atoms with E-state index < -0.39 is 0 Å². The number of hydrogen-bond acceptors (Lipinski definition) is 2. The van der Waals surface area contributed by atoms with E-state index in [1.807, 2.05) is 21.0 Å². The van der Waals surface area contributed by atoms with Crippen molar-refractivity contribution in [1.29, 1.82) is 0 Å². The molecule has 0 radical (unpaired) electrons. The zero-order chi connectivity index (χ0) is 10.6. The maximum absolute atomic E-state index is 5.72. The maximum atomic E-state index is 5.72. The second kappa shape index (κ2) is 5.13. The van der Waals surface area contributed by atoms with Gasteiger partial charge in [-0.2, -0.15) is 0 Å². The molecule has 1 aliphatic heterocycles. The van der Waals surface area contributed by atoms with Gasteiger partial charge in [0.15, 0.2) is 0 Å². The third kappa shape index (κ3) is 2.12. The van der Waals surface area contributed by atoms with Crippen LogP contribution < -0.4 is 0 Å². The highest BCUT2D eigenvalue weighted by molar-refractivity contribution is 4.98. The summed E-state index contributed by atoms with van der Waals surface area (Å²) in [4.78, 5) is 2.38. The minimum absolute atomic E-state index is 0.270. The summed E-state index contributed by atoms with van der Waals surface area (Å²) in [7, 11) is 4.08. The summed E-state index contributed by atoms with van der Waals surface area (Å²) in [6, 6.07) is 0. The fraction of sp³-hybridized carbons (Fsp3) is 1.00. The lowest BCUT2D eigenvalue weighted by Crippen LogP contribution is -2.56. The van der Waals surface area contributed by atoms with Gasteiger partial charge in [0.2, 0.25) is 0 Å². The Bertz CT molecular complexity index is 158. The molecule has 2 rings (SSSR count). The van der Waals surface area contributed by atoms with Crippen LogP contribution in [0.15, 0.2) is 0 Å². The molecule has 0 amide bonds. The van der Waals surface area contributed by atoms with Gasteiger partial charge in [0.1, 0.15) is 0 Å². The fourth-order valence-electron chi connectivity index (χ4n) is 2.78. The van der Waals surface area contributed by atoms with Crippen LogP contribution in [0.2, 0.25) is 0 Å². The van der Waals surface area contributed by atoms with Crippen molar-refractivity contribution in [2.45, 2.75) is 45.1 Å². The first-order valence-electron chi connectivity index (χ1n) is 6.00. The average molecular weight is 199 g/mol. The molecule has 0 aromatic heterocycles. The van der Waals surface area contributed by atoms with Gasteiger partial charge in [-0.1, -0.05) is 26.7 Å². The Hall–Kier alpha value is -0.0800. The van der Waals surface area contributed by atoms with Crippen LogP contribution in [0.5, 0.6) is 0 Å². The quantitative estimate of drug-likeness (QED) is 0.677. The molecular formula is C12H25NO. The van der Waals surface area contributed by atoms with Crippen molar-refractivity contribution in [3.05, 3.63) is 0 Å². The molecule has 14 heavy (non-hydrogen) atoms. The summed E-state index contributed by atoms with van der Waals surface area (Å²) in [5, 5.41) is 0. The number of methoxy groups -OCH3 is 1. The zero-order valence-corrected chi connectivity index (χ0v) is 10.2. The standard InChI is InChI=1S/C10H19NO.C2H6/c1-11-7-9(8-11)10(12-2)5-3-4-6-10;1-2/h9H,3-8H2,1-2H3;1-2H3. The van der Waals surface area contributed by atoms with Gasteiger partial charge in [-0.15, -0.1) is 0 Å². The summed E-state index contributed by atoms with van der Waals surface area (Å²) in [5.41, 5.74) is 0.270. The molecule has 0 atom stereocenters. The number of hydrogen-bond donors (Lipinski definition) is 0. The normalized spacial score (nSPS) is 26.6. The van der Waals surface area contributed by atoms with Crippen molar-refractivity contribution in [1.82, 2.24) is 4.90 Å². The van der Waals surface area contributed by atoms with Crippen molar-refractivity contribution in [3.63, 3.8) is 0 Å². The smallest absolute Gasteiger partial charge is 0.0731 e. The number of nitrogens with zero attached hydrogens (tertiary/aromatic N) is 1. The summed E-state index contributed by atoms with van der Waals surface area (Å²) in [6.45, 7) is 6.49. The summed E-state index contributed by atoms with van der Waals surface area (Å²) >= 11 is 0. The van der Waals surface area contributed by atoms with Crippen molar-refractivity contribution >= 4 is 0 Å². The summed E-state index contributed by atoms with van der Waals surface area (Å²) in [6.07, 6.45) is 5.33. The molecular weight excluding hydrogens is 174 g/mol. The van der Waals surface area contributed by atoms with Gasteiger partial charge in [-0.25, -0.2) is 0 Å². The van der Waals surface area contributed by atoms with E-state index in [9.17, 15) is 0 Å². The highest BCUT2D eigenvalue weighted by atomic mass is 16.5. The first-order valence-corrected chi connectivity index (χ1v) is 6.00. The van der Waals surface area contributed by atoms with Crippen LogP contribution in [0.4, 0.5) is 0 Å². The second-order valence-electron chi connectivity index (χ2n) is 4.39. The lowest BCUT2D eigenvalue weighted by molar-refractivity contribution is -0.101. The molecule has 1 aliphatic carbocycles. The molecule has 84 valence electrons. The van der Waals surface area contributed by atoms with E-state index in [-0.39, 0.29) is 5.60 Å². The second-order valence-corrected chi connectivity index (χ2v) is 4.39. The molecule has 2 heteroatoms. The summed E-state index contributed by atoms with van der Waals surface area (Å²) < 4.78 is 5.72. The van der Waals surface area contributed by atoms with E-state index >= 15 is 0 Å². The Morgan fingerprint density at radius 3 is 2.00 bits per heavy atom. The van der Waals surface area contributed by atoms with Gasteiger partial charge in [-0.3, -0.25) is 0 Å². The molecule has 1 saturated heterocycles. The minimum atomic E-state index is 0.270. The third-order valence-corrected chi connectivity index (χ3v) is 3.66. The molecule has 1 saturated carbocycles. The molecule has 1 heterocycles. The Morgan fingerprint density at radius 2 is 1.64 bits per heavy atom. The van der Waals surface area contributed by atoms with Crippen molar-refractivity contribution in [2.75, 3.05) is 27.2 Å². The molecule has 0 aromatic rings. The molecule has 2 nitrogen and oxygen atoms in total. The van der Waals surface area contributed by atoms with Crippen LogP contribution >= 0.6 is 0 Å². The first kappa shape index (κ1) is 12.0.